The van der Waals surface area contributed by atoms with Gasteiger partial charge >= 0.3 is 0 Å². The molecule has 0 saturated carbocycles. The smallest absolute Gasteiger partial charge is 0.258 e. The lowest BCUT2D eigenvalue weighted by atomic mass is 9.87. The maximum atomic E-state index is 12.4. The lowest BCUT2D eigenvalue weighted by Gasteiger charge is -2.29. The van der Waals surface area contributed by atoms with E-state index in [9.17, 15) is 4.79 Å². The monoisotopic (exact) mass is 353 g/mol. The minimum absolute atomic E-state index is 0.0105. The van der Waals surface area contributed by atoms with E-state index < -0.39 is 0 Å². The van der Waals surface area contributed by atoms with Gasteiger partial charge in [0.2, 0.25) is 0 Å². The number of benzene rings is 2. The number of carbonyl (C=O) groups is 1. The largest absolute Gasteiger partial charge is 0.486 e. The molecule has 2 aliphatic rings. The second-order valence-electron chi connectivity index (χ2n) is 6.81. The Morgan fingerprint density at radius 2 is 1.88 bits per heavy atom. The summed E-state index contributed by atoms with van der Waals surface area (Å²) in [7, 11) is 0. The van der Waals surface area contributed by atoms with Gasteiger partial charge in [0.15, 0.2) is 18.1 Å². The second-order valence-corrected chi connectivity index (χ2v) is 6.81. The SMILES string of the molecule is Cc1ccc(OCC(=O)NC2CCCc3cc4c(cc32)OCCO4)cc1. The van der Waals surface area contributed by atoms with Crippen LogP contribution in [0.1, 0.15) is 35.6 Å². The number of fused-ring (bicyclic) bond motifs is 2. The molecule has 1 aliphatic carbocycles. The van der Waals surface area contributed by atoms with E-state index in [-0.39, 0.29) is 18.6 Å². The van der Waals surface area contributed by atoms with Crippen LogP contribution in [0.3, 0.4) is 0 Å². The number of hydrogen-bond donors (Lipinski definition) is 1. The van der Waals surface area contributed by atoms with Crippen LogP contribution in [0.15, 0.2) is 36.4 Å². The summed E-state index contributed by atoms with van der Waals surface area (Å²) >= 11 is 0. The third-order valence-electron chi connectivity index (χ3n) is 4.84. The Kier molecular flexibility index (Phi) is 4.69. The maximum absolute atomic E-state index is 12.4. The quantitative estimate of drug-likeness (QED) is 0.916. The summed E-state index contributed by atoms with van der Waals surface area (Å²) in [5.41, 5.74) is 3.52. The fourth-order valence-corrected chi connectivity index (χ4v) is 3.51. The molecular formula is C21H23NO4. The Morgan fingerprint density at radius 1 is 1.15 bits per heavy atom. The van der Waals surface area contributed by atoms with Gasteiger partial charge in [-0.1, -0.05) is 17.7 Å². The van der Waals surface area contributed by atoms with Crippen LogP contribution in [0.5, 0.6) is 17.2 Å². The summed E-state index contributed by atoms with van der Waals surface area (Å²) in [6, 6.07) is 11.8. The summed E-state index contributed by atoms with van der Waals surface area (Å²) in [5, 5.41) is 3.10. The van der Waals surface area contributed by atoms with Crippen molar-refractivity contribution in [1.82, 2.24) is 5.32 Å². The Balaban J connectivity index is 1.42. The van der Waals surface area contributed by atoms with Crippen molar-refractivity contribution in [1.29, 1.82) is 0 Å². The third kappa shape index (κ3) is 3.62. The molecule has 1 unspecified atom stereocenters. The predicted molar refractivity (Wildman–Crippen MR) is 97.9 cm³/mol. The first kappa shape index (κ1) is 16.8. The molecular weight excluding hydrogens is 330 g/mol. The van der Waals surface area contributed by atoms with Crippen LogP contribution in [0.25, 0.3) is 0 Å². The van der Waals surface area contributed by atoms with Crippen molar-refractivity contribution in [3.8, 4) is 17.2 Å². The minimum Gasteiger partial charge on any atom is -0.486 e. The van der Waals surface area contributed by atoms with E-state index in [1.54, 1.807) is 0 Å². The van der Waals surface area contributed by atoms with Crippen molar-refractivity contribution >= 4 is 5.91 Å². The van der Waals surface area contributed by atoms with E-state index in [0.717, 1.165) is 41.9 Å². The van der Waals surface area contributed by atoms with Crippen molar-refractivity contribution < 1.29 is 19.0 Å². The van der Waals surface area contributed by atoms with Gasteiger partial charge < -0.3 is 19.5 Å². The van der Waals surface area contributed by atoms with Gasteiger partial charge in [0.25, 0.3) is 5.91 Å². The first-order valence-electron chi connectivity index (χ1n) is 9.10. The molecule has 136 valence electrons. The summed E-state index contributed by atoms with van der Waals surface area (Å²) in [5.74, 6) is 2.17. The highest BCUT2D eigenvalue weighted by atomic mass is 16.6. The molecule has 0 radical (unpaired) electrons. The van der Waals surface area contributed by atoms with Gasteiger partial charge in [-0.2, -0.15) is 0 Å². The van der Waals surface area contributed by atoms with Gasteiger partial charge in [-0.3, -0.25) is 4.79 Å². The number of ether oxygens (including phenoxy) is 3. The summed E-state index contributed by atoms with van der Waals surface area (Å²) in [6.07, 6.45) is 2.96. The van der Waals surface area contributed by atoms with Crippen LogP contribution in [0, 0.1) is 6.92 Å². The van der Waals surface area contributed by atoms with Gasteiger partial charge in [-0.25, -0.2) is 0 Å². The Hall–Kier alpha value is -2.69. The zero-order chi connectivity index (χ0) is 17.9. The van der Waals surface area contributed by atoms with E-state index in [0.29, 0.717) is 19.0 Å². The average Bonchev–Trinajstić information content (AvgIpc) is 2.66. The summed E-state index contributed by atoms with van der Waals surface area (Å²) < 4.78 is 17.0. The molecule has 26 heavy (non-hydrogen) atoms. The molecule has 1 atom stereocenters. The molecule has 2 aromatic carbocycles. The van der Waals surface area contributed by atoms with Crippen molar-refractivity contribution in [2.45, 2.75) is 32.2 Å². The molecule has 2 aromatic rings. The summed E-state index contributed by atoms with van der Waals surface area (Å²) in [6.45, 7) is 3.18. The van der Waals surface area contributed by atoms with E-state index in [2.05, 4.69) is 11.4 Å². The molecule has 5 heteroatoms. The first-order valence-corrected chi connectivity index (χ1v) is 9.10. The molecule has 0 fully saturated rings. The molecule has 4 rings (SSSR count). The lowest BCUT2D eigenvalue weighted by molar-refractivity contribution is -0.123. The Labute approximate surface area is 153 Å². The van der Waals surface area contributed by atoms with E-state index >= 15 is 0 Å². The fraction of sp³-hybridized carbons (Fsp3) is 0.381. The summed E-state index contributed by atoms with van der Waals surface area (Å²) in [4.78, 5) is 12.4. The second kappa shape index (κ2) is 7.28. The van der Waals surface area contributed by atoms with Crippen LogP contribution >= 0.6 is 0 Å². The maximum Gasteiger partial charge on any atom is 0.258 e. The molecule has 0 spiro atoms. The van der Waals surface area contributed by atoms with Gasteiger partial charge in [0, 0.05) is 0 Å². The number of aryl methyl sites for hydroxylation is 2. The first-order chi connectivity index (χ1) is 12.7. The average molecular weight is 353 g/mol. The number of carbonyl (C=O) groups excluding carboxylic acids is 1. The topological polar surface area (TPSA) is 56.8 Å². The van der Waals surface area contributed by atoms with Gasteiger partial charge in [-0.15, -0.1) is 0 Å². The third-order valence-corrected chi connectivity index (χ3v) is 4.84. The molecule has 5 nitrogen and oxygen atoms in total. The normalized spacial score (nSPS) is 18.0. The van der Waals surface area contributed by atoms with Crippen LogP contribution < -0.4 is 19.5 Å². The number of hydrogen-bond acceptors (Lipinski definition) is 4. The molecule has 0 saturated heterocycles. The molecule has 0 bridgehead atoms. The molecule has 0 aromatic heterocycles. The van der Waals surface area contributed by atoms with Crippen LogP contribution in [-0.4, -0.2) is 25.7 Å². The Morgan fingerprint density at radius 3 is 2.65 bits per heavy atom. The van der Waals surface area contributed by atoms with Crippen LogP contribution in [0.2, 0.25) is 0 Å². The highest BCUT2D eigenvalue weighted by Gasteiger charge is 2.25. The zero-order valence-electron chi connectivity index (χ0n) is 14.9. The zero-order valence-corrected chi connectivity index (χ0v) is 14.9. The number of rotatable bonds is 4. The fourth-order valence-electron chi connectivity index (χ4n) is 3.51. The standard InChI is InChI=1S/C21H23NO4/c1-14-5-7-16(8-6-14)26-13-21(23)22-18-4-2-3-15-11-19-20(12-17(15)18)25-10-9-24-19/h5-8,11-12,18H,2-4,9-10,13H2,1H3,(H,22,23). The van der Waals surface area contributed by atoms with E-state index in [4.69, 9.17) is 14.2 Å². The predicted octanol–water partition coefficient (Wildman–Crippen LogP) is 3.34. The van der Waals surface area contributed by atoms with Crippen LogP contribution in [0.4, 0.5) is 0 Å². The van der Waals surface area contributed by atoms with Gasteiger partial charge in [-0.05, 0) is 61.6 Å². The van der Waals surface area contributed by atoms with Crippen molar-refractivity contribution in [3.05, 3.63) is 53.1 Å². The van der Waals surface area contributed by atoms with E-state index in [1.165, 1.54) is 5.56 Å². The van der Waals surface area contributed by atoms with Crippen molar-refractivity contribution in [3.63, 3.8) is 0 Å². The highest BCUT2D eigenvalue weighted by molar-refractivity contribution is 5.78. The van der Waals surface area contributed by atoms with Crippen molar-refractivity contribution in [2.75, 3.05) is 19.8 Å². The minimum atomic E-state index is -0.113. The van der Waals surface area contributed by atoms with Gasteiger partial charge in [0.05, 0.1) is 6.04 Å². The highest BCUT2D eigenvalue weighted by Crippen LogP contribution is 2.39. The van der Waals surface area contributed by atoms with E-state index in [1.807, 2.05) is 37.3 Å². The molecule has 1 heterocycles. The van der Waals surface area contributed by atoms with Crippen LogP contribution in [-0.2, 0) is 11.2 Å². The molecule has 1 amide bonds. The molecule has 1 aliphatic heterocycles. The Bertz CT molecular complexity index is 800. The number of amides is 1. The van der Waals surface area contributed by atoms with Gasteiger partial charge in [0.1, 0.15) is 19.0 Å². The van der Waals surface area contributed by atoms with Crippen molar-refractivity contribution in [2.24, 2.45) is 0 Å². The number of nitrogens with one attached hydrogen (secondary N) is 1. The lowest BCUT2D eigenvalue weighted by Crippen LogP contribution is -2.34. The molecule has 1 N–H and O–H groups in total.